The van der Waals surface area contributed by atoms with Crippen molar-refractivity contribution in [1.82, 2.24) is 0 Å². The Morgan fingerprint density at radius 1 is 0.545 bits per heavy atom. The largest absolute Gasteiger partial charge is 0.104 e. The summed E-state index contributed by atoms with van der Waals surface area (Å²) < 4.78 is 0. The van der Waals surface area contributed by atoms with Gasteiger partial charge < -0.3 is 0 Å². The maximum Gasteiger partial charge on any atom is -0.0212 e. The minimum atomic E-state index is 0.322. The highest BCUT2D eigenvalue weighted by atomic mass is 31.1. The number of rotatable bonds is 17. The molecule has 0 aliphatic carbocycles. The van der Waals surface area contributed by atoms with Crippen molar-refractivity contribution in [3.05, 3.63) is 0 Å². The van der Waals surface area contributed by atoms with E-state index in [1.807, 2.05) is 0 Å². The normalized spacial score (nSPS) is 13.0. The van der Waals surface area contributed by atoms with Crippen molar-refractivity contribution >= 4 is 7.92 Å². The molecule has 1 unspecified atom stereocenters. The van der Waals surface area contributed by atoms with Crippen molar-refractivity contribution in [3.8, 4) is 0 Å². The van der Waals surface area contributed by atoms with Gasteiger partial charge in [0.2, 0.25) is 0 Å². The lowest BCUT2D eigenvalue weighted by atomic mass is 10.1. The van der Waals surface area contributed by atoms with Gasteiger partial charge in [0, 0.05) is 0 Å². The summed E-state index contributed by atoms with van der Waals surface area (Å²) in [6.45, 7) is 9.44. The molecule has 0 aromatic rings. The summed E-state index contributed by atoms with van der Waals surface area (Å²) >= 11 is 0. The number of unbranched alkanes of at least 4 members (excludes halogenated alkanes) is 9. The van der Waals surface area contributed by atoms with Crippen LogP contribution in [0.2, 0.25) is 0 Å². The zero-order chi connectivity index (χ0) is 16.5. The number of hydrogen-bond donors (Lipinski definition) is 0. The van der Waals surface area contributed by atoms with Crippen LogP contribution in [0, 0.1) is 0 Å². The lowest BCUT2D eigenvalue weighted by Gasteiger charge is -2.27. The van der Waals surface area contributed by atoms with Crippen LogP contribution in [0.5, 0.6) is 0 Å². The molecule has 0 spiro atoms. The lowest BCUT2D eigenvalue weighted by molar-refractivity contribution is 0.636. The molecule has 0 aromatic heterocycles. The molecule has 1 atom stereocenters. The molecular formula is C21H45P. The standard InChI is InChI=1S/C21H45P/c1-5-9-12-14-16-19-22(20-17-15-13-10-6-2)21(8-4)18-11-7-3/h21H,5-20H2,1-4H3. The predicted molar refractivity (Wildman–Crippen MR) is 108 cm³/mol. The maximum absolute atomic E-state index is 2.45. The highest BCUT2D eigenvalue weighted by molar-refractivity contribution is 7.58. The Morgan fingerprint density at radius 2 is 1.00 bits per heavy atom. The van der Waals surface area contributed by atoms with Crippen molar-refractivity contribution in [2.24, 2.45) is 0 Å². The van der Waals surface area contributed by atoms with Crippen molar-refractivity contribution in [2.45, 2.75) is 123 Å². The molecule has 0 fully saturated rings. The molecule has 0 saturated carbocycles. The van der Waals surface area contributed by atoms with Crippen LogP contribution in [0.3, 0.4) is 0 Å². The highest BCUT2D eigenvalue weighted by Gasteiger charge is 2.18. The molecule has 0 aliphatic heterocycles. The van der Waals surface area contributed by atoms with Gasteiger partial charge in [-0.25, -0.2) is 0 Å². The fourth-order valence-corrected chi connectivity index (χ4v) is 6.68. The van der Waals surface area contributed by atoms with E-state index in [1.54, 1.807) is 12.3 Å². The summed E-state index contributed by atoms with van der Waals surface area (Å²) in [5.74, 6) is 0. The minimum absolute atomic E-state index is 0.322. The van der Waals surface area contributed by atoms with Gasteiger partial charge in [-0.15, -0.1) is 7.92 Å². The molecule has 0 heterocycles. The summed E-state index contributed by atoms with van der Waals surface area (Å²) in [5.41, 5.74) is 1.08. The summed E-state index contributed by atoms with van der Waals surface area (Å²) in [4.78, 5) is 0. The molecule has 0 aromatic carbocycles. The quantitative estimate of drug-likeness (QED) is 0.186. The third-order valence-corrected chi connectivity index (χ3v) is 8.41. The van der Waals surface area contributed by atoms with Gasteiger partial charge >= 0.3 is 0 Å². The predicted octanol–water partition coefficient (Wildman–Crippen LogP) is 8.38. The topological polar surface area (TPSA) is 0 Å². The molecule has 0 nitrogen and oxygen atoms in total. The molecule has 0 saturated heterocycles. The molecule has 0 aliphatic rings. The van der Waals surface area contributed by atoms with Gasteiger partial charge in [-0.1, -0.05) is 91.9 Å². The Morgan fingerprint density at radius 3 is 1.41 bits per heavy atom. The van der Waals surface area contributed by atoms with Crippen LogP contribution in [-0.2, 0) is 0 Å². The van der Waals surface area contributed by atoms with E-state index >= 15 is 0 Å². The van der Waals surface area contributed by atoms with E-state index in [1.165, 1.54) is 89.9 Å². The Bertz CT molecular complexity index is 188. The van der Waals surface area contributed by atoms with E-state index in [0.717, 1.165) is 5.66 Å². The zero-order valence-corrected chi connectivity index (χ0v) is 17.2. The van der Waals surface area contributed by atoms with Gasteiger partial charge in [-0.2, -0.15) is 0 Å². The molecule has 22 heavy (non-hydrogen) atoms. The summed E-state index contributed by atoms with van der Waals surface area (Å²) in [6, 6.07) is 0. The maximum atomic E-state index is 2.45. The van der Waals surface area contributed by atoms with E-state index in [0.29, 0.717) is 7.92 Å². The second kappa shape index (κ2) is 17.8. The summed E-state index contributed by atoms with van der Waals surface area (Å²) in [6.07, 6.45) is 23.6. The first-order valence-corrected chi connectivity index (χ1v) is 12.3. The molecule has 1 heteroatoms. The van der Waals surface area contributed by atoms with E-state index in [9.17, 15) is 0 Å². The highest BCUT2D eigenvalue weighted by Crippen LogP contribution is 2.47. The van der Waals surface area contributed by atoms with Crippen molar-refractivity contribution in [2.75, 3.05) is 12.3 Å². The third-order valence-electron chi connectivity index (χ3n) is 4.98. The number of hydrogen-bond acceptors (Lipinski definition) is 0. The summed E-state index contributed by atoms with van der Waals surface area (Å²) in [7, 11) is 0.322. The van der Waals surface area contributed by atoms with Crippen LogP contribution in [0.4, 0.5) is 0 Å². The van der Waals surface area contributed by atoms with Gasteiger partial charge in [0.1, 0.15) is 0 Å². The fraction of sp³-hybridized carbons (Fsp3) is 1.00. The van der Waals surface area contributed by atoms with Gasteiger partial charge in [0.15, 0.2) is 0 Å². The first-order valence-electron chi connectivity index (χ1n) is 10.5. The Labute approximate surface area is 144 Å². The van der Waals surface area contributed by atoms with Crippen LogP contribution in [-0.4, -0.2) is 18.0 Å². The first kappa shape index (κ1) is 22.4. The van der Waals surface area contributed by atoms with E-state index in [4.69, 9.17) is 0 Å². The second-order valence-electron chi connectivity index (χ2n) is 7.07. The van der Waals surface area contributed by atoms with Crippen LogP contribution in [0.15, 0.2) is 0 Å². The van der Waals surface area contributed by atoms with E-state index in [-0.39, 0.29) is 0 Å². The van der Waals surface area contributed by atoms with Gasteiger partial charge in [-0.05, 0) is 43.7 Å². The van der Waals surface area contributed by atoms with E-state index < -0.39 is 0 Å². The van der Waals surface area contributed by atoms with Crippen LogP contribution >= 0.6 is 7.92 Å². The molecule has 0 N–H and O–H groups in total. The third kappa shape index (κ3) is 12.9. The molecule has 0 radical (unpaired) electrons. The monoisotopic (exact) mass is 328 g/mol. The Balaban J connectivity index is 4.09. The van der Waals surface area contributed by atoms with E-state index in [2.05, 4.69) is 27.7 Å². The Kier molecular flexibility index (Phi) is 18.1. The lowest BCUT2D eigenvalue weighted by Crippen LogP contribution is -2.09. The molecule has 134 valence electrons. The minimum Gasteiger partial charge on any atom is -0.104 e. The average Bonchev–Trinajstić information content (AvgIpc) is 2.54. The zero-order valence-electron chi connectivity index (χ0n) is 16.3. The van der Waals surface area contributed by atoms with Crippen LogP contribution in [0.25, 0.3) is 0 Å². The van der Waals surface area contributed by atoms with Crippen molar-refractivity contribution in [3.63, 3.8) is 0 Å². The first-order chi connectivity index (χ1) is 10.8. The van der Waals surface area contributed by atoms with Crippen LogP contribution < -0.4 is 0 Å². The molecule has 0 rings (SSSR count). The fourth-order valence-electron chi connectivity index (χ4n) is 3.40. The van der Waals surface area contributed by atoms with Crippen molar-refractivity contribution < 1.29 is 0 Å². The van der Waals surface area contributed by atoms with Crippen molar-refractivity contribution in [1.29, 1.82) is 0 Å². The SMILES string of the molecule is CCCCCCCP(CCCCCCC)C(CC)CCCC. The molecule has 0 bridgehead atoms. The molecular weight excluding hydrogens is 283 g/mol. The smallest absolute Gasteiger partial charge is 0.0212 e. The molecule has 0 amide bonds. The summed E-state index contributed by atoms with van der Waals surface area (Å²) in [5, 5.41) is 0. The average molecular weight is 329 g/mol. The van der Waals surface area contributed by atoms with Gasteiger partial charge in [-0.3, -0.25) is 0 Å². The van der Waals surface area contributed by atoms with Crippen LogP contribution in [0.1, 0.15) is 118 Å². The van der Waals surface area contributed by atoms with Gasteiger partial charge in [0.25, 0.3) is 0 Å². The Hall–Kier alpha value is 0.430. The van der Waals surface area contributed by atoms with Gasteiger partial charge in [0.05, 0.1) is 0 Å². The second-order valence-corrected chi connectivity index (χ2v) is 9.87.